The number of hydrogen-bond acceptors (Lipinski definition) is 2. The Balaban J connectivity index is 0. The molecule has 0 aliphatic rings. The minimum atomic E-state index is -0.833. The SMILES string of the molecule is C=C(O)CCCCCC.CC(=O)O. The van der Waals surface area contributed by atoms with Crippen molar-refractivity contribution in [3.63, 3.8) is 0 Å². The zero-order chi connectivity index (χ0) is 10.7. The molecule has 0 aromatic heterocycles. The van der Waals surface area contributed by atoms with Crippen LogP contribution in [0.4, 0.5) is 0 Å². The lowest BCUT2D eigenvalue weighted by Gasteiger charge is -1.96. The van der Waals surface area contributed by atoms with Gasteiger partial charge < -0.3 is 10.2 Å². The van der Waals surface area contributed by atoms with Gasteiger partial charge in [-0.1, -0.05) is 32.8 Å². The Hall–Kier alpha value is -0.990. The first-order valence-corrected chi connectivity index (χ1v) is 4.57. The first-order valence-electron chi connectivity index (χ1n) is 4.57. The standard InChI is InChI=1S/C8H16O.C2H4O2/c1-3-4-5-6-7-8(2)9;1-2(3)4/h9H,2-7H2,1H3;1H3,(H,3,4). The van der Waals surface area contributed by atoms with E-state index in [2.05, 4.69) is 13.5 Å². The summed E-state index contributed by atoms with van der Waals surface area (Å²) in [5.74, 6) is -0.508. The summed E-state index contributed by atoms with van der Waals surface area (Å²) in [4.78, 5) is 9.00. The lowest BCUT2D eigenvalue weighted by Crippen LogP contribution is -1.79. The molecule has 3 nitrogen and oxygen atoms in total. The van der Waals surface area contributed by atoms with E-state index in [9.17, 15) is 0 Å². The van der Waals surface area contributed by atoms with Crippen LogP contribution in [0.25, 0.3) is 0 Å². The molecular formula is C10H20O3. The molecule has 0 spiro atoms. The van der Waals surface area contributed by atoms with Crippen LogP contribution in [0.1, 0.15) is 46.0 Å². The molecule has 0 aromatic rings. The largest absolute Gasteiger partial charge is 0.513 e. The fraction of sp³-hybridized carbons (Fsp3) is 0.700. The highest BCUT2D eigenvalue weighted by atomic mass is 16.4. The maximum absolute atomic E-state index is 9.00. The number of unbranched alkanes of at least 4 members (excludes halogenated alkanes) is 3. The molecule has 0 fully saturated rings. The predicted octanol–water partition coefficient (Wildman–Crippen LogP) is 3.12. The van der Waals surface area contributed by atoms with E-state index in [1.807, 2.05) is 0 Å². The monoisotopic (exact) mass is 188 g/mol. The van der Waals surface area contributed by atoms with Gasteiger partial charge in [0, 0.05) is 13.3 Å². The van der Waals surface area contributed by atoms with Crippen LogP contribution >= 0.6 is 0 Å². The van der Waals surface area contributed by atoms with Gasteiger partial charge in [-0.25, -0.2) is 0 Å². The van der Waals surface area contributed by atoms with Gasteiger partial charge in [-0.3, -0.25) is 4.79 Å². The molecule has 78 valence electrons. The smallest absolute Gasteiger partial charge is 0.300 e. The van der Waals surface area contributed by atoms with E-state index >= 15 is 0 Å². The van der Waals surface area contributed by atoms with Crippen molar-refractivity contribution in [1.82, 2.24) is 0 Å². The highest BCUT2D eigenvalue weighted by Crippen LogP contribution is 2.05. The zero-order valence-corrected chi connectivity index (χ0v) is 8.55. The lowest BCUT2D eigenvalue weighted by atomic mass is 10.1. The Morgan fingerprint density at radius 2 is 1.69 bits per heavy atom. The number of carboxylic acid groups (broad SMARTS) is 1. The number of rotatable bonds is 5. The molecule has 0 radical (unpaired) electrons. The number of aliphatic hydroxyl groups is 1. The van der Waals surface area contributed by atoms with Gasteiger partial charge in [-0.05, 0) is 6.42 Å². The molecule has 2 N–H and O–H groups in total. The molecule has 0 aromatic carbocycles. The minimum absolute atomic E-state index is 0.325. The van der Waals surface area contributed by atoms with Crippen LogP contribution in [0, 0.1) is 0 Å². The molecule has 0 saturated carbocycles. The summed E-state index contributed by atoms with van der Waals surface area (Å²) in [5, 5.41) is 16.1. The Bertz CT molecular complexity index is 137. The molecule has 0 aliphatic heterocycles. The summed E-state index contributed by atoms with van der Waals surface area (Å²) in [6.07, 6.45) is 5.60. The van der Waals surface area contributed by atoms with Gasteiger partial charge in [-0.2, -0.15) is 0 Å². The van der Waals surface area contributed by atoms with Crippen LogP contribution in [0.2, 0.25) is 0 Å². The molecule has 3 heteroatoms. The van der Waals surface area contributed by atoms with Crippen molar-refractivity contribution in [2.24, 2.45) is 0 Å². The van der Waals surface area contributed by atoms with Gasteiger partial charge in [0.2, 0.25) is 0 Å². The van der Waals surface area contributed by atoms with Gasteiger partial charge in [0.25, 0.3) is 5.97 Å². The van der Waals surface area contributed by atoms with Crippen LogP contribution in [0.15, 0.2) is 12.3 Å². The fourth-order valence-electron chi connectivity index (χ4n) is 0.756. The third-order valence-electron chi connectivity index (χ3n) is 1.32. The summed E-state index contributed by atoms with van der Waals surface area (Å²) in [7, 11) is 0. The molecule has 0 unspecified atom stereocenters. The average molecular weight is 188 g/mol. The molecule has 0 amide bonds. The normalized spacial score (nSPS) is 8.46. The van der Waals surface area contributed by atoms with E-state index < -0.39 is 5.97 Å². The quantitative estimate of drug-likeness (QED) is 0.514. The lowest BCUT2D eigenvalue weighted by molar-refractivity contribution is -0.134. The maximum atomic E-state index is 9.00. The van der Waals surface area contributed by atoms with Gasteiger partial charge in [0.05, 0.1) is 5.76 Å². The van der Waals surface area contributed by atoms with E-state index in [0.717, 1.165) is 19.8 Å². The van der Waals surface area contributed by atoms with Crippen LogP contribution in [0.3, 0.4) is 0 Å². The van der Waals surface area contributed by atoms with E-state index in [4.69, 9.17) is 15.0 Å². The second-order valence-corrected chi connectivity index (χ2v) is 2.90. The van der Waals surface area contributed by atoms with Gasteiger partial charge in [0.1, 0.15) is 0 Å². The molecule has 0 aliphatic carbocycles. The van der Waals surface area contributed by atoms with Crippen molar-refractivity contribution >= 4 is 5.97 Å². The molecule has 0 saturated heterocycles. The molecule has 13 heavy (non-hydrogen) atoms. The van der Waals surface area contributed by atoms with Crippen LogP contribution in [-0.2, 0) is 4.79 Å². The predicted molar refractivity (Wildman–Crippen MR) is 53.8 cm³/mol. The number of allylic oxidation sites excluding steroid dienone is 1. The van der Waals surface area contributed by atoms with Gasteiger partial charge in [-0.15, -0.1) is 0 Å². The summed E-state index contributed by atoms with van der Waals surface area (Å²) in [5.41, 5.74) is 0. The summed E-state index contributed by atoms with van der Waals surface area (Å²) in [6, 6.07) is 0. The summed E-state index contributed by atoms with van der Waals surface area (Å²) >= 11 is 0. The van der Waals surface area contributed by atoms with Crippen molar-refractivity contribution in [1.29, 1.82) is 0 Å². The number of hydrogen-bond donors (Lipinski definition) is 2. The van der Waals surface area contributed by atoms with Crippen molar-refractivity contribution in [3.05, 3.63) is 12.3 Å². The first kappa shape index (κ1) is 14.5. The van der Waals surface area contributed by atoms with Crippen LogP contribution < -0.4 is 0 Å². The minimum Gasteiger partial charge on any atom is -0.513 e. The Kier molecular flexibility index (Phi) is 12.3. The highest BCUT2D eigenvalue weighted by molar-refractivity contribution is 5.62. The summed E-state index contributed by atoms with van der Waals surface area (Å²) in [6.45, 7) is 6.67. The highest BCUT2D eigenvalue weighted by Gasteiger charge is 1.88. The fourth-order valence-corrected chi connectivity index (χ4v) is 0.756. The summed E-state index contributed by atoms with van der Waals surface area (Å²) < 4.78 is 0. The van der Waals surface area contributed by atoms with Gasteiger partial charge >= 0.3 is 0 Å². The molecule has 0 heterocycles. The molecular weight excluding hydrogens is 168 g/mol. The molecule has 0 atom stereocenters. The zero-order valence-electron chi connectivity index (χ0n) is 8.55. The third-order valence-corrected chi connectivity index (χ3v) is 1.32. The first-order chi connectivity index (χ1) is 6.00. The van der Waals surface area contributed by atoms with Crippen LogP contribution in [0.5, 0.6) is 0 Å². The average Bonchev–Trinajstić information content (AvgIpc) is 1.97. The van der Waals surface area contributed by atoms with E-state index in [1.165, 1.54) is 19.3 Å². The van der Waals surface area contributed by atoms with E-state index in [-0.39, 0.29) is 0 Å². The molecule has 0 bridgehead atoms. The number of aliphatic hydroxyl groups excluding tert-OH is 1. The number of carboxylic acids is 1. The van der Waals surface area contributed by atoms with E-state index in [0.29, 0.717) is 5.76 Å². The second kappa shape index (κ2) is 11.0. The Morgan fingerprint density at radius 1 is 1.23 bits per heavy atom. The number of aliphatic carboxylic acids is 1. The second-order valence-electron chi connectivity index (χ2n) is 2.90. The van der Waals surface area contributed by atoms with Crippen LogP contribution in [-0.4, -0.2) is 16.2 Å². The Morgan fingerprint density at radius 3 is 2.00 bits per heavy atom. The van der Waals surface area contributed by atoms with Crippen molar-refractivity contribution in [3.8, 4) is 0 Å². The topological polar surface area (TPSA) is 57.5 Å². The number of carbonyl (C=O) groups is 1. The van der Waals surface area contributed by atoms with Crippen molar-refractivity contribution < 1.29 is 15.0 Å². The Labute approximate surface area is 80.1 Å². The van der Waals surface area contributed by atoms with E-state index in [1.54, 1.807) is 0 Å². The van der Waals surface area contributed by atoms with Crippen molar-refractivity contribution in [2.45, 2.75) is 46.0 Å². The van der Waals surface area contributed by atoms with Crippen molar-refractivity contribution in [2.75, 3.05) is 0 Å². The maximum Gasteiger partial charge on any atom is 0.300 e. The third kappa shape index (κ3) is 35.6. The van der Waals surface area contributed by atoms with Gasteiger partial charge in [0.15, 0.2) is 0 Å². The molecule has 0 rings (SSSR count).